The van der Waals surface area contributed by atoms with E-state index >= 15 is 0 Å². The number of rotatable bonds is 2. The van der Waals surface area contributed by atoms with Gasteiger partial charge in [-0.15, -0.1) is 16.4 Å². The fourth-order valence-corrected chi connectivity index (χ4v) is 2.39. The minimum Gasteiger partial charge on any atom is -0.287 e. The summed E-state index contributed by atoms with van der Waals surface area (Å²) in [6, 6.07) is 1.81. The summed E-state index contributed by atoms with van der Waals surface area (Å²) in [7, 11) is 1.63. The molecule has 6 nitrogen and oxygen atoms in total. The van der Waals surface area contributed by atoms with Crippen LogP contribution in [0.1, 0.15) is 9.67 Å². The number of carbonyl (C=O) groups excluding carboxylic acids is 1. The summed E-state index contributed by atoms with van der Waals surface area (Å²) in [5.74, 6) is -0.0484. The Hall–Kier alpha value is -1.28. The molecule has 0 fully saturated rings. The highest BCUT2D eigenvalue weighted by Gasteiger charge is 2.13. The van der Waals surface area contributed by atoms with Crippen molar-refractivity contribution in [2.24, 2.45) is 7.05 Å². The van der Waals surface area contributed by atoms with Crippen LogP contribution in [-0.2, 0) is 7.05 Å². The first-order valence-electron chi connectivity index (χ1n) is 3.95. The summed E-state index contributed by atoms with van der Waals surface area (Å²) in [5.41, 5.74) is 0. The molecule has 1 N–H and O–H groups in total. The van der Waals surface area contributed by atoms with E-state index in [0.717, 1.165) is 4.47 Å². The Bertz CT molecular complexity index is 493. The van der Waals surface area contributed by atoms with Gasteiger partial charge >= 0.3 is 0 Å². The molecule has 0 bridgehead atoms. The highest BCUT2D eigenvalue weighted by atomic mass is 79.9. The molecule has 0 radical (unpaired) electrons. The molecule has 2 rings (SSSR count). The average molecular weight is 288 g/mol. The predicted molar refractivity (Wildman–Crippen MR) is 58.8 cm³/mol. The number of nitrogens with zero attached hydrogens (tertiary/aromatic N) is 4. The molecule has 8 heteroatoms. The molecular formula is C7H6BrN5OS. The van der Waals surface area contributed by atoms with E-state index in [1.54, 1.807) is 7.05 Å². The van der Waals surface area contributed by atoms with Crippen molar-refractivity contribution in [3.05, 3.63) is 20.8 Å². The van der Waals surface area contributed by atoms with Gasteiger partial charge in [0.05, 0.1) is 7.05 Å². The molecule has 2 aromatic rings. The molecule has 0 unspecified atom stereocenters. The van der Waals surface area contributed by atoms with Crippen molar-refractivity contribution < 1.29 is 4.79 Å². The Morgan fingerprint density at radius 2 is 2.47 bits per heavy atom. The van der Waals surface area contributed by atoms with E-state index in [1.807, 2.05) is 11.4 Å². The molecular weight excluding hydrogens is 282 g/mol. The van der Waals surface area contributed by atoms with Crippen LogP contribution in [-0.4, -0.2) is 26.1 Å². The van der Waals surface area contributed by atoms with Gasteiger partial charge in [0.1, 0.15) is 4.88 Å². The third-order valence-corrected chi connectivity index (χ3v) is 3.39. The SMILES string of the molecule is Cn1nnc(NC(=O)c2sccc2Br)n1. The zero-order valence-electron chi connectivity index (χ0n) is 7.64. The Balaban J connectivity index is 2.14. The normalized spacial score (nSPS) is 10.3. The third-order valence-electron chi connectivity index (χ3n) is 1.56. The van der Waals surface area contributed by atoms with E-state index in [2.05, 4.69) is 36.7 Å². The fraction of sp³-hybridized carbons (Fsp3) is 0.143. The van der Waals surface area contributed by atoms with Gasteiger partial charge in [-0.25, -0.2) is 0 Å². The summed E-state index contributed by atoms with van der Waals surface area (Å²) >= 11 is 4.62. The number of nitrogens with one attached hydrogen (secondary N) is 1. The highest BCUT2D eigenvalue weighted by molar-refractivity contribution is 9.10. The lowest BCUT2D eigenvalue weighted by Gasteiger charge is -1.97. The fourth-order valence-electron chi connectivity index (χ4n) is 0.948. The monoisotopic (exact) mass is 287 g/mol. The van der Waals surface area contributed by atoms with E-state index < -0.39 is 0 Å². The second-order valence-corrected chi connectivity index (χ2v) is 4.42. The second kappa shape index (κ2) is 4.07. The first-order valence-corrected chi connectivity index (χ1v) is 5.62. The first kappa shape index (κ1) is 10.2. The van der Waals surface area contributed by atoms with Crippen molar-refractivity contribution in [1.29, 1.82) is 0 Å². The molecule has 2 heterocycles. The van der Waals surface area contributed by atoms with Crippen molar-refractivity contribution in [1.82, 2.24) is 20.2 Å². The molecule has 0 aliphatic heterocycles. The maximum Gasteiger partial charge on any atom is 0.270 e. The number of carbonyl (C=O) groups is 1. The van der Waals surface area contributed by atoms with E-state index in [1.165, 1.54) is 16.1 Å². The van der Waals surface area contributed by atoms with Crippen LogP contribution in [0.4, 0.5) is 5.95 Å². The average Bonchev–Trinajstić information content (AvgIpc) is 2.75. The topological polar surface area (TPSA) is 72.7 Å². The van der Waals surface area contributed by atoms with E-state index in [-0.39, 0.29) is 11.9 Å². The van der Waals surface area contributed by atoms with Crippen molar-refractivity contribution in [2.75, 3.05) is 5.32 Å². The van der Waals surface area contributed by atoms with Crippen LogP contribution < -0.4 is 5.32 Å². The van der Waals surface area contributed by atoms with E-state index in [0.29, 0.717) is 4.88 Å². The number of aromatic nitrogens is 4. The molecule has 15 heavy (non-hydrogen) atoms. The molecule has 2 aromatic heterocycles. The zero-order chi connectivity index (χ0) is 10.8. The number of amides is 1. The number of aryl methyl sites for hydroxylation is 1. The predicted octanol–water partition coefficient (Wildman–Crippen LogP) is 1.29. The number of hydrogen-bond acceptors (Lipinski definition) is 5. The van der Waals surface area contributed by atoms with Crippen LogP contribution in [0.25, 0.3) is 0 Å². The van der Waals surface area contributed by atoms with Gasteiger partial charge in [-0.3, -0.25) is 10.1 Å². The van der Waals surface area contributed by atoms with Gasteiger partial charge in [0.15, 0.2) is 0 Å². The summed E-state index contributed by atoms with van der Waals surface area (Å²) < 4.78 is 0.758. The quantitative estimate of drug-likeness (QED) is 0.903. The smallest absolute Gasteiger partial charge is 0.270 e. The molecule has 0 saturated heterocycles. The van der Waals surface area contributed by atoms with Gasteiger partial charge in [0.25, 0.3) is 11.9 Å². The molecule has 0 aliphatic rings. The Labute approximate surface area is 97.4 Å². The lowest BCUT2D eigenvalue weighted by molar-refractivity contribution is 0.102. The van der Waals surface area contributed by atoms with Crippen molar-refractivity contribution in [2.45, 2.75) is 0 Å². The number of tetrazole rings is 1. The van der Waals surface area contributed by atoms with Crippen LogP contribution >= 0.6 is 27.3 Å². The summed E-state index contributed by atoms with van der Waals surface area (Å²) in [4.78, 5) is 13.5. The van der Waals surface area contributed by atoms with Crippen LogP contribution in [0, 0.1) is 0 Å². The maximum absolute atomic E-state index is 11.7. The molecule has 0 aliphatic carbocycles. The van der Waals surface area contributed by atoms with E-state index in [4.69, 9.17) is 0 Å². The van der Waals surface area contributed by atoms with Gasteiger partial charge < -0.3 is 0 Å². The van der Waals surface area contributed by atoms with E-state index in [9.17, 15) is 4.79 Å². The highest BCUT2D eigenvalue weighted by Crippen LogP contribution is 2.22. The van der Waals surface area contributed by atoms with Gasteiger partial charge in [-0.05, 0) is 32.6 Å². The van der Waals surface area contributed by atoms with Gasteiger partial charge in [0.2, 0.25) is 0 Å². The molecule has 1 amide bonds. The lowest BCUT2D eigenvalue weighted by atomic mass is 10.4. The number of anilines is 1. The van der Waals surface area contributed by atoms with Crippen LogP contribution in [0.5, 0.6) is 0 Å². The van der Waals surface area contributed by atoms with Gasteiger partial charge in [0, 0.05) is 4.47 Å². The number of thiophene rings is 1. The van der Waals surface area contributed by atoms with Crippen LogP contribution in [0.15, 0.2) is 15.9 Å². The number of hydrogen-bond donors (Lipinski definition) is 1. The largest absolute Gasteiger partial charge is 0.287 e. The Kier molecular flexibility index (Phi) is 2.78. The summed E-state index contributed by atoms with van der Waals surface area (Å²) in [5, 5.41) is 15.5. The lowest BCUT2D eigenvalue weighted by Crippen LogP contribution is -2.12. The first-order chi connectivity index (χ1) is 7.16. The maximum atomic E-state index is 11.7. The Morgan fingerprint density at radius 3 is 3.00 bits per heavy atom. The summed E-state index contributed by atoms with van der Waals surface area (Å²) in [6.45, 7) is 0. The standard InChI is InChI=1S/C7H6BrN5OS/c1-13-11-7(10-12-13)9-6(14)5-4(8)2-3-15-5/h2-3H,1H3,(H,9,11,14). The molecule has 0 aromatic carbocycles. The Morgan fingerprint density at radius 1 is 1.67 bits per heavy atom. The number of halogens is 1. The van der Waals surface area contributed by atoms with Gasteiger partial charge in [-0.2, -0.15) is 4.80 Å². The molecule has 0 atom stereocenters. The molecule has 78 valence electrons. The van der Waals surface area contributed by atoms with Crippen molar-refractivity contribution in [3.8, 4) is 0 Å². The van der Waals surface area contributed by atoms with Crippen LogP contribution in [0.2, 0.25) is 0 Å². The minimum atomic E-state index is -0.245. The summed E-state index contributed by atoms with van der Waals surface area (Å²) in [6.07, 6.45) is 0. The molecule has 0 saturated carbocycles. The van der Waals surface area contributed by atoms with Crippen molar-refractivity contribution in [3.63, 3.8) is 0 Å². The van der Waals surface area contributed by atoms with Crippen molar-refractivity contribution >= 4 is 39.1 Å². The zero-order valence-corrected chi connectivity index (χ0v) is 10.0. The molecule has 0 spiro atoms. The minimum absolute atomic E-state index is 0.197. The van der Waals surface area contributed by atoms with Crippen LogP contribution in [0.3, 0.4) is 0 Å². The second-order valence-electron chi connectivity index (χ2n) is 2.65. The van der Waals surface area contributed by atoms with Gasteiger partial charge in [-0.1, -0.05) is 5.10 Å². The third kappa shape index (κ3) is 2.21.